The zero-order valence-electron chi connectivity index (χ0n) is 11.8. The zero-order chi connectivity index (χ0) is 15.2. The van der Waals surface area contributed by atoms with E-state index in [1.54, 1.807) is 23.5 Å². The first-order chi connectivity index (χ1) is 10.1. The number of nitrogens with zero attached hydrogens (tertiary/aromatic N) is 2. The Kier molecular flexibility index (Phi) is 5.26. The minimum Gasteiger partial charge on any atom is -0.318 e. The van der Waals surface area contributed by atoms with Crippen molar-refractivity contribution in [3.05, 3.63) is 56.3 Å². The highest BCUT2D eigenvalue weighted by molar-refractivity contribution is 7.09. The highest BCUT2D eigenvalue weighted by Gasteiger charge is 2.15. The molecule has 112 valence electrons. The molecule has 0 aliphatic rings. The van der Waals surface area contributed by atoms with Crippen molar-refractivity contribution in [2.24, 2.45) is 5.84 Å². The molecule has 0 aliphatic heterocycles. The van der Waals surface area contributed by atoms with E-state index in [2.05, 4.69) is 28.7 Å². The summed E-state index contributed by atoms with van der Waals surface area (Å²) >= 11 is 1.71. The van der Waals surface area contributed by atoms with Crippen LogP contribution in [0.5, 0.6) is 0 Å². The van der Waals surface area contributed by atoms with E-state index in [4.69, 9.17) is 5.84 Å². The van der Waals surface area contributed by atoms with Gasteiger partial charge in [-0.25, -0.2) is 0 Å². The summed E-state index contributed by atoms with van der Waals surface area (Å²) in [6.45, 7) is 4.47. The van der Waals surface area contributed by atoms with Crippen molar-refractivity contribution in [3.63, 3.8) is 0 Å². The third-order valence-corrected chi connectivity index (χ3v) is 4.09. The van der Waals surface area contributed by atoms with Gasteiger partial charge in [-0.15, -0.1) is 11.3 Å². The van der Waals surface area contributed by atoms with E-state index in [9.17, 15) is 10.1 Å². The smallest absolute Gasteiger partial charge is 0.293 e. The maximum absolute atomic E-state index is 11.0. The molecule has 2 rings (SSSR count). The van der Waals surface area contributed by atoms with Crippen LogP contribution in [0.25, 0.3) is 0 Å². The second kappa shape index (κ2) is 7.16. The number of rotatable bonds is 7. The van der Waals surface area contributed by atoms with E-state index >= 15 is 0 Å². The Morgan fingerprint density at radius 1 is 1.38 bits per heavy atom. The van der Waals surface area contributed by atoms with Crippen LogP contribution < -0.4 is 11.3 Å². The third kappa shape index (κ3) is 4.01. The lowest BCUT2D eigenvalue weighted by molar-refractivity contribution is -0.384. The first-order valence-corrected chi connectivity index (χ1v) is 7.50. The lowest BCUT2D eigenvalue weighted by atomic mass is 10.1. The number of nitrogen functional groups attached to an aromatic ring is 1. The largest absolute Gasteiger partial charge is 0.318 e. The molecule has 0 atom stereocenters. The SMILES string of the molecule is CCN(Cc1ccc(NN)c([N+](=O)[O-])c1)Cc1cccs1. The fraction of sp³-hybridized carbons (Fsp3) is 0.286. The molecule has 0 amide bonds. The second-order valence-electron chi connectivity index (χ2n) is 4.64. The number of hydrogen-bond acceptors (Lipinski definition) is 6. The van der Waals surface area contributed by atoms with E-state index in [0.29, 0.717) is 12.2 Å². The number of nitro benzene ring substituents is 1. The Morgan fingerprint density at radius 3 is 2.76 bits per heavy atom. The lowest BCUT2D eigenvalue weighted by Crippen LogP contribution is -2.22. The molecule has 2 aromatic rings. The fourth-order valence-corrected chi connectivity index (χ4v) is 2.86. The number of anilines is 1. The predicted molar refractivity (Wildman–Crippen MR) is 85.0 cm³/mol. The minimum absolute atomic E-state index is 0.00202. The summed E-state index contributed by atoms with van der Waals surface area (Å²) in [7, 11) is 0. The Morgan fingerprint density at radius 2 is 2.19 bits per heavy atom. The molecule has 6 nitrogen and oxygen atoms in total. The van der Waals surface area contributed by atoms with E-state index < -0.39 is 4.92 Å². The van der Waals surface area contributed by atoms with Crippen LogP contribution in [0.15, 0.2) is 35.7 Å². The molecule has 21 heavy (non-hydrogen) atoms. The summed E-state index contributed by atoms with van der Waals surface area (Å²) in [5, 5.41) is 13.1. The van der Waals surface area contributed by atoms with Gasteiger partial charge >= 0.3 is 0 Å². The van der Waals surface area contributed by atoms with Gasteiger partial charge in [0.05, 0.1) is 4.92 Å². The average Bonchev–Trinajstić information content (AvgIpc) is 2.99. The number of nitro groups is 1. The van der Waals surface area contributed by atoms with Crippen molar-refractivity contribution in [2.75, 3.05) is 12.0 Å². The summed E-state index contributed by atoms with van der Waals surface area (Å²) in [5.41, 5.74) is 3.58. The van der Waals surface area contributed by atoms with Crippen molar-refractivity contribution >= 4 is 22.7 Å². The molecule has 0 saturated heterocycles. The van der Waals surface area contributed by atoms with Gasteiger partial charge in [0.15, 0.2) is 0 Å². The molecule has 0 aliphatic carbocycles. The molecule has 1 heterocycles. The summed E-state index contributed by atoms with van der Waals surface area (Å²) in [6.07, 6.45) is 0. The molecule has 0 saturated carbocycles. The second-order valence-corrected chi connectivity index (χ2v) is 5.67. The van der Waals surface area contributed by atoms with Crippen molar-refractivity contribution in [3.8, 4) is 0 Å². The van der Waals surface area contributed by atoms with Gasteiger partial charge in [-0.1, -0.05) is 19.1 Å². The topological polar surface area (TPSA) is 84.4 Å². The first kappa shape index (κ1) is 15.4. The Balaban J connectivity index is 2.13. The van der Waals surface area contributed by atoms with Crippen LogP contribution in [0.4, 0.5) is 11.4 Å². The van der Waals surface area contributed by atoms with Crippen LogP contribution in [-0.2, 0) is 13.1 Å². The van der Waals surface area contributed by atoms with E-state index in [0.717, 1.165) is 18.7 Å². The van der Waals surface area contributed by atoms with Gasteiger partial charge in [0, 0.05) is 24.0 Å². The lowest BCUT2D eigenvalue weighted by Gasteiger charge is -2.19. The van der Waals surface area contributed by atoms with Crippen molar-refractivity contribution in [2.45, 2.75) is 20.0 Å². The average molecular weight is 306 g/mol. The van der Waals surface area contributed by atoms with Crippen molar-refractivity contribution < 1.29 is 4.92 Å². The quantitative estimate of drug-likeness (QED) is 0.467. The van der Waals surface area contributed by atoms with Crippen LogP contribution in [-0.4, -0.2) is 16.4 Å². The van der Waals surface area contributed by atoms with Crippen LogP contribution in [0.1, 0.15) is 17.4 Å². The molecular weight excluding hydrogens is 288 g/mol. The number of nitrogens with one attached hydrogen (secondary N) is 1. The highest BCUT2D eigenvalue weighted by atomic mass is 32.1. The minimum atomic E-state index is -0.422. The van der Waals surface area contributed by atoms with Gasteiger partial charge in [0.25, 0.3) is 5.69 Å². The molecule has 0 spiro atoms. The number of hydrazine groups is 1. The van der Waals surface area contributed by atoms with Gasteiger partial charge in [-0.05, 0) is 29.6 Å². The van der Waals surface area contributed by atoms with Gasteiger partial charge in [-0.3, -0.25) is 20.9 Å². The maximum Gasteiger partial charge on any atom is 0.293 e. The fourth-order valence-electron chi connectivity index (χ4n) is 2.11. The normalized spacial score (nSPS) is 10.8. The first-order valence-electron chi connectivity index (χ1n) is 6.62. The molecule has 1 aromatic heterocycles. The molecule has 0 bridgehead atoms. The number of hydrogen-bond donors (Lipinski definition) is 2. The van der Waals surface area contributed by atoms with Gasteiger partial charge in [0.2, 0.25) is 0 Å². The van der Waals surface area contributed by atoms with Crippen LogP contribution in [0.3, 0.4) is 0 Å². The van der Waals surface area contributed by atoms with E-state index in [1.807, 2.05) is 12.1 Å². The number of thiophene rings is 1. The number of nitrogens with two attached hydrogens (primary N) is 1. The maximum atomic E-state index is 11.0. The van der Waals surface area contributed by atoms with Crippen LogP contribution >= 0.6 is 11.3 Å². The molecule has 3 N–H and O–H groups in total. The van der Waals surface area contributed by atoms with Gasteiger partial charge < -0.3 is 5.43 Å². The Hall–Kier alpha value is -1.96. The molecule has 7 heteroatoms. The summed E-state index contributed by atoms with van der Waals surface area (Å²) in [6, 6.07) is 9.20. The standard InChI is InChI=1S/C14H18N4O2S/c1-2-17(10-12-4-3-7-21-12)9-11-5-6-13(16-15)14(8-11)18(19)20/h3-8,16H,2,9-10,15H2,1H3. The molecular formula is C14H18N4O2S. The third-order valence-electron chi connectivity index (χ3n) is 3.23. The summed E-state index contributed by atoms with van der Waals surface area (Å²) in [5.74, 6) is 5.29. The molecule has 1 aromatic carbocycles. The van der Waals surface area contributed by atoms with Crippen molar-refractivity contribution in [1.82, 2.24) is 4.90 Å². The summed E-state index contributed by atoms with van der Waals surface area (Å²) in [4.78, 5) is 14.1. The highest BCUT2D eigenvalue weighted by Crippen LogP contribution is 2.25. The van der Waals surface area contributed by atoms with Crippen LogP contribution in [0, 0.1) is 10.1 Å². The summed E-state index contributed by atoms with van der Waals surface area (Å²) < 4.78 is 0. The van der Waals surface area contributed by atoms with E-state index in [-0.39, 0.29) is 5.69 Å². The van der Waals surface area contributed by atoms with Crippen molar-refractivity contribution in [1.29, 1.82) is 0 Å². The molecule has 0 fully saturated rings. The zero-order valence-corrected chi connectivity index (χ0v) is 12.6. The van der Waals surface area contributed by atoms with E-state index in [1.165, 1.54) is 4.88 Å². The Labute approximate surface area is 127 Å². The Bertz CT molecular complexity index is 601. The monoisotopic (exact) mass is 306 g/mol. The number of benzene rings is 1. The van der Waals surface area contributed by atoms with Gasteiger partial charge in [0.1, 0.15) is 5.69 Å². The molecule has 0 unspecified atom stereocenters. The van der Waals surface area contributed by atoms with Crippen LogP contribution in [0.2, 0.25) is 0 Å². The van der Waals surface area contributed by atoms with Gasteiger partial charge in [-0.2, -0.15) is 0 Å². The predicted octanol–water partition coefficient (Wildman–Crippen LogP) is 2.96. The molecule has 0 radical (unpaired) electrons.